The molecule has 0 aliphatic rings. The van der Waals surface area contributed by atoms with Crippen LogP contribution in [0, 0.1) is 0 Å². The summed E-state index contributed by atoms with van der Waals surface area (Å²) >= 11 is 6.33. The van der Waals surface area contributed by atoms with E-state index in [1.165, 1.54) is 29.6 Å². The maximum Gasteiger partial charge on any atom is 0.264 e. The monoisotopic (exact) mass is 494 g/mol. The molecule has 0 saturated heterocycles. The molecule has 1 atom stereocenters. The number of hydrogen-bond acceptors (Lipinski definition) is 4. The predicted molar refractivity (Wildman–Crippen MR) is 132 cm³/mol. The van der Waals surface area contributed by atoms with Crippen molar-refractivity contribution in [1.82, 2.24) is 14.9 Å². The van der Waals surface area contributed by atoms with Crippen LogP contribution in [0.15, 0.2) is 96.2 Å². The van der Waals surface area contributed by atoms with Gasteiger partial charge in [0.15, 0.2) is 0 Å². The number of carbonyl (C=O) groups is 1. The highest BCUT2D eigenvalue weighted by atomic mass is 35.5. The van der Waals surface area contributed by atoms with Crippen molar-refractivity contribution in [2.24, 2.45) is 7.05 Å². The molecule has 174 valence electrons. The van der Waals surface area contributed by atoms with Crippen molar-refractivity contribution < 1.29 is 13.2 Å². The first-order chi connectivity index (χ1) is 16.3. The number of nitrogens with zero attached hydrogens (tertiary/aromatic N) is 3. The van der Waals surface area contributed by atoms with Crippen LogP contribution in [-0.2, 0) is 17.1 Å². The lowest BCUT2D eigenvalue weighted by molar-refractivity contribution is 0.0941. The molecule has 0 radical (unpaired) electrons. The van der Waals surface area contributed by atoms with Gasteiger partial charge in [0.2, 0.25) is 0 Å². The zero-order valence-electron chi connectivity index (χ0n) is 18.6. The minimum atomic E-state index is -3.92. The van der Waals surface area contributed by atoms with E-state index >= 15 is 0 Å². The van der Waals surface area contributed by atoms with E-state index in [-0.39, 0.29) is 15.5 Å². The summed E-state index contributed by atoms with van der Waals surface area (Å²) in [6.45, 7) is 0. The van der Waals surface area contributed by atoms with Gasteiger partial charge in [-0.3, -0.25) is 9.10 Å². The number of carbonyl (C=O) groups excluding carboxylic acids is 1. The van der Waals surface area contributed by atoms with Crippen molar-refractivity contribution in [2.75, 3.05) is 11.4 Å². The second-order valence-corrected chi connectivity index (χ2v) is 10.0. The molecule has 1 aromatic heterocycles. The van der Waals surface area contributed by atoms with Gasteiger partial charge >= 0.3 is 0 Å². The fourth-order valence-corrected chi connectivity index (χ4v) is 5.01. The Morgan fingerprint density at radius 2 is 1.68 bits per heavy atom. The molecular weight excluding hydrogens is 472 g/mol. The Balaban J connectivity index is 1.68. The number of rotatable bonds is 7. The number of aryl methyl sites for hydroxylation is 1. The maximum absolute atomic E-state index is 13.3. The van der Waals surface area contributed by atoms with E-state index < -0.39 is 22.0 Å². The molecule has 0 saturated carbocycles. The van der Waals surface area contributed by atoms with Crippen molar-refractivity contribution in [3.63, 3.8) is 0 Å². The molecule has 1 heterocycles. The van der Waals surface area contributed by atoms with Crippen LogP contribution in [0.25, 0.3) is 0 Å². The molecule has 1 amide bonds. The zero-order valence-corrected chi connectivity index (χ0v) is 20.2. The molecule has 3 aromatic carbocycles. The quantitative estimate of drug-likeness (QED) is 0.412. The van der Waals surface area contributed by atoms with Crippen molar-refractivity contribution in [2.45, 2.75) is 10.9 Å². The van der Waals surface area contributed by atoms with Crippen molar-refractivity contribution in [3.8, 4) is 0 Å². The number of nitrogens with one attached hydrogen (secondary N) is 1. The smallest absolute Gasteiger partial charge is 0.264 e. The molecule has 1 unspecified atom stereocenters. The Labute approximate surface area is 203 Å². The van der Waals surface area contributed by atoms with E-state index in [4.69, 9.17) is 11.6 Å². The summed E-state index contributed by atoms with van der Waals surface area (Å²) in [5, 5.41) is 3.10. The number of para-hydroxylation sites is 1. The van der Waals surface area contributed by atoms with E-state index in [0.29, 0.717) is 11.5 Å². The van der Waals surface area contributed by atoms with Gasteiger partial charge in [-0.2, -0.15) is 0 Å². The molecule has 0 aliphatic heterocycles. The molecule has 9 heteroatoms. The molecule has 7 nitrogen and oxygen atoms in total. The Hall–Kier alpha value is -3.62. The largest absolute Gasteiger partial charge is 0.338 e. The SMILES string of the molecule is CN(c1ccccc1)S(=O)(=O)c1ccc(Cl)c(C(=O)NC(c2ccccc2)c2nccn2C)c1. The van der Waals surface area contributed by atoms with Gasteiger partial charge in [-0.1, -0.05) is 60.1 Å². The summed E-state index contributed by atoms with van der Waals surface area (Å²) in [5.74, 6) is 0.115. The molecule has 34 heavy (non-hydrogen) atoms. The Kier molecular flexibility index (Phi) is 6.72. The lowest BCUT2D eigenvalue weighted by Crippen LogP contribution is -2.32. The molecule has 0 aliphatic carbocycles. The van der Waals surface area contributed by atoms with Gasteiger partial charge in [-0.15, -0.1) is 0 Å². The minimum absolute atomic E-state index is 0.0401. The van der Waals surface area contributed by atoms with Crippen LogP contribution >= 0.6 is 11.6 Å². The third-order valence-electron chi connectivity index (χ3n) is 5.49. The van der Waals surface area contributed by atoms with Gasteiger partial charge in [-0.25, -0.2) is 13.4 Å². The Morgan fingerprint density at radius 1 is 1.03 bits per heavy atom. The van der Waals surface area contributed by atoms with E-state index in [0.717, 1.165) is 5.56 Å². The number of aromatic nitrogens is 2. The third-order valence-corrected chi connectivity index (χ3v) is 7.60. The van der Waals surface area contributed by atoms with Crippen LogP contribution in [0.4, 0.5) is 5.69 Å². The number of amides is 1. The number of hydrogen-bond donors (Lipinski definition) is 1. The molecular formula is C25H23ClN4O3S. The topological polar surface area (TPSA) is 84.3 Å². The Bertz CT molecular complexity index is 1410. The molecule has 0 bridgehead atoms. The summed E-state index contributed by atoms with van der Waals surface area (Å²) in [7, 11) is -0.616. The van der Waals surface area contributed by atoms with E-state index in [1.54, 1.807) is 42.7 Å². The lowest BCUT2D eigenvalue weighted by Gasteiger charge is -2.21. The lowest BCUT2D eigenvalue weighted by atomic mass is 10.1. The van der Waals surface area contributed by atoms with Gasteiger partial charge in [-0.05, 0) is 35.9 Å². The second-order valence-electron chi connectivity index (χ2n) is 7.66. The number of sulfonamides is 1. The number of imidazole rings is 1. The highest BCUT2D eigenvalue weighted by Gasteiger charge is 2.26. The third kappa shape index (κ3) is 4.69. The van der Waals surface area contributed by atoms with Gasteiger partial charge in [0.05, 0.1) is 21.2 Å². The summed E-state index contributed by atoms with van der Waals surface area (Å²) in [5.41, 5.74) is 1.38. The highest BCUT2D eigenvalue weighted by Crippen LogP contribution is 2.27. The fraction of sp³-hybridized carbons (Fsp3) is 0.120. The molecule has 4 aromatic rings. The van der Waals surface area contributed by atoms with E-state index in [9.17, 15) is 13.2 Å². The van der Waals surface area contributed by atoms with Gasteiger partial charge in [0.1, 0.15) is 11.9 Å². The van der Waals surface area contributed by atoms with Crippen LogP contribution in [0.1, 0.15) is 27.8 Å². The molecule has 0 fully saturated rings. The maximum atomic E-state index is 13.3. The Morgan fingerprint density at radius 3 is 2.29 bits per heavy atom. The average molecular weight is 495 g/mol. The van der Waals surface area contributed by atoms with Gasteiger partial charge < -0.3 is 9.88 Å². The summed E-state index contributed by atoms with van der Waals surface area (Å²) in [6, 6.07) is 21.6. The molecule has 4 rings (SSSR count). The molecule has 1 N–H and O–H groups in total. The number of anilines is 1. The minimum Gasteiger partial charge on any atom is -0.338 e. The van der Waals surface area contributed by atoms with E-state index in [2.05, 4.69) is 10.3 Å². The predicted octanol–water partition coefficient (Wildman–Crippen LogP) is 4.42. The van der Waals surface area contributed by atoms with E-state index in [1.807, 2.05) is 41.9 Å². The standard InChI is InChI=1S/C25H23ClN4O3S/c1-29-16-15-27-24(29)23(18-9-5-3-6-10-18)28-25(31)21-17-20(13-14-22(21)26)34(32,33)30(2)19-11-7-4-8-12-19/h3-17,23H,1-2H3,(H,28,31). The zero-order chi connectivity index (χ0) is 24.3. The number of halogens is 1. The first kappa shape index (κ1) is 23.5. The van der Waals surface area contributed by atoms with Gasteiger partial charge in [0.25, 0.3) is 15.9 Å². The van der Waals surface area contributed by atoms with Crippen molar-refractivity contribution >= 4 is 33.2 Å². The summed E-state index contributed by atoms with van der Waals surface area (Å²) < 4.78 is 29.4. The summed E-state index contributed by atoms with van der Waals surface area (Å²) in [6.07, 6.45) is 3.44. The van der Waals surface area contributed by atoms with Crippen LogP contribution in [-0.4, -0.2) is 30.9 Å². The second kappa shape index (κ2) is 9.70. The normalized spacial score (nSPS) is 12.2. The van der Waals surface area contributed by atoms with Crippen molar-refractivity contribution in [3.05, 3.63) is 113 Å². The van der Waals surface area contributed by atoms with Crippen molar-refractivity contribution in [1.29, 1.82) is 0 Å². The van der Waals surface area contributed by atoms with Gasteiger partial charge in [0, 0.05) is 26.5 Å². The van der Waals surface area contributed by atoms with Crippen LogP contribution in [0.5, 0.6) is 0 Å². The van der Waals surface area contributed by atoms with Crippen LogP contribution in [0.3, 0.4) is 0 Å². The van der Waals surface area contributed by atoms with Crippen LogP contribution < -0.4 is 9.62 Å². The first-order valence-electron chi connectivity index (χ1n) is 10.5. The van der Waals surface area contributed by atoms with Crippen LogP contribution in [0.2, 0.25) is 5.02 Å². The fourth-order valence-electron chi connectivity index (χ4n) is 3.58. The average Bonchev–Trinajstić information content (AvgIpc) is 3.28. The number of benzene rings is 3. The summed E-state index contributed by atoms with van der Waals surface area (Å²) in [4.78, 5) is 17.7. The molecule has 0 spiro atoms. The first-order valence-corrected chi connectivity index (χ1v) is 12.3. The highest BCUT2D eigenvalue weighted by molar-refractivity contribution is 7.92.